The average Bonchev–Trinajstić information content (AvgIpc) is 3.22. The first-order valence-corrected chi connectivity index (χ1v) is 9.40. The molecule has 1 atom stereocenters. The van der Waals surface area contributed by atoms with Crippen molar-refractivity contribution in [2.45, 2.75) is 13.0 Å². The van der Waals surface area contributed by atoms with Crippen molar-refractivity contribution < 1.29 is 14.3 Å². The molecule has 3 rings (SSSR count). The van der Waals surface area contributed by atoms with Gasteiger partial charge in [0.2, 0.25) is 0 Å². The van der Waals surface area contributed by atoms with Crippen LogP contribution in [0.3, 0.4) is 0 Å². The van der Waals surface area contributed by atoms with Crippen LogP contribution in [0.1, 0.15) is 17.3 Å². The molecule has 0 aliphatic heterocycles. The summed E-state index contributed by atoms with van der Waals surface area (Å²) < 4.78 is 12.6. The fraction of sp³-hybridized carbons (Fsp3) is 0.273. The highest BCUT2D eigenvalue weighted by Gasteiger charge is 2.22. The fourth-order valence-electron chi connectivity index (χ4n) is 2.89. The minimum absolute atomic E-state index is 0.151. The molecule has 2 N–H and O–H groups in total. The Labute approximate surface area is 170 Å². The Hall–Kier alpha value is -3.32. The number of methoxy groups -OCH3 is 2. The second-order valence-electron chi connectivity index (χ2n) is 6.64. The molecule has 1 unspecified atom stereocenters. The van der Waals surface area contributed by atoms with E-state index in [-0.39, 0.29) is 11.9 Å². The number of hydrogen-bond acceptors (Lipinski definition) is 5. The van der Waals surface area contributed by atoms with Crippen LogP contribution < -0.4 is 20.1 Å². The van der Waals surface area contributed by atoms with Gasteiger partial charge in [-0.2, -0.15) is 5.10 Å². The van der Waals surface area contributed by atoms with E-state index in [9.17, 15) is 4.79 Å². The number of hydrogen-bond donors (Lipinski definition) is 2. The normalized spacial score (nSPS) is 11.7. The van der Waals surface area contributed by atoms with E-state index in [1.807, 2.05) is 56.4 Å². The Balaban J connectivity index is 2.09. The molecule has 0 spiro atoms. The van der Waals surface area contributed by atoms with E-state index in [1.54, 1.807) is 31.2 Å². The molecule has 0 bridgehead atoms. The average molecular weight is 394 g/mol. The zero-order valence-electron chi connectivity index (χ0n) is 17.1. The number of benzene rings is 2. The minimum atomic E-state index is -0.200. The summed E-state index contributed by atoms with van der Waals surface area (Å²) >= 11 is 0. The van der Waals surface area contributed by atoms with Crippen molar-refractivity contribution in [2.75, 3.05) is 27.8 Å². The highest BCUT2D eigenvalue weighted by molar-refractivity contribution is 6.00. The Kier molecular flexibility index (Phi) is 6.51. The molecule has 2 aromatic carbocycles. The number of carbonyl (C=O) groups is 1. The first-order chi connectivity index (χ1) is 14.1. The van der Waals surface area contributed by atoms with Crippen LogP contribution in [0, 0.1) is 0 Å². The molecule has 1 heterocycles. The van der Waals surface area contributed by atoms with E-state index >= 15 is 0 Å². The predicted molar refractivity (Wildman–Crippen MR) is 113 cm³/mol. The standard InChI is InChI=1S/C22H26N4O3/c1-15(23-2)13-24-22(27)19-14-26(16-8-6-5-7-9-16)25-21(19)18-12-17(28-3)10-11-20(18)29-4/h5-12,14-15,23H,13H2,1-4H3,(H,24,27). The molecule has 0 aliphatic carbocycles. The Bertz CT molecular complexity index is 969. The van der Waals surface area contributed by atoms with Crippen molar-refractivity contribution in [3.63, 3.8) is 0 Å². The second-order valence-corrected chi connectivity index (χ2v) is 6.64. The van der Waals surface area contributed by atoms with Gasteiger partial charge >= 0.3 is 0 Å². The molecule has 152 valence electrons. The summed E-state index contributed by atoms with van der Waals surface area (Å²) in [5.41, 5.74) is 2.54. The lowest BCUT2D eigenvalue weighted by Gasteiger charge is -2.12. The molecule has 0 aliphatic rings. The van der Waals surface area contributed by atoms with Gasteiger partial charge in [0, 0.05) is 24.3 Å². The van der Waals surface area contributed by atoms with E-state index in [1.165, 1.54) is 0 Å². The summed E-state index contributed by atoms with van der Waals surface area (Å²) in [6.45, 7) is 2.50. The van der Waals surface area contributed by atoms with E-state index in [0.717, 1.165) is 5.69 Å². The number of likely N-dealkylation sites (N-methyl/N-ethyl adjacent to an activating group) is 1. The number of rotatable bonds is 8. The zero-order chi connectivity index (χ0) is 20.8. The van der Waals surface area contributed by atoms with E-state index in [4.69, 9.17) is 14.6 Å². The molecule has 0 radical (unpaired) electrons. The molecule has 0 saturated heterocycles. The van der Waals surface area contributed by atoms with Gasteiger partial charge in [-0.3, -0.25) is 4.79 Å². The van der Waals surface area contributed by atoms with Gasteiger partial charge in [-0.25, -0.2) is 4.68 Å². The predicted octanol–water partition coefficient (Wildman–Crippen LogP) is 2.89. The van der Waals surface area contributed by atoms with Crippen LogP contribution in [0.25, 0.3) is 16.9 Å². The quantitative estimate of drug-likeness (QED) is 0.614. The second kappa shape index (κ2) is 9.25. The van der Waals surface area contributed by atoms with Crippen LogP contribution in [0.15, 0.2) is 54.7 Å². The van der Waals surface area contributed by atoms with Crippen molar-refractivity contribution >= 4 is 5.91 Å². The van der Waals surface area contributed by atoms with Crippen LogP contribution >= 0.6 is 0 Å². The van der Waals surface area contributed by atoms with Gasteiger partial charge in [0.05, 0.1) is 25.5 Å². The lowest BCUT2D eigenvalue weighted by molar-refractivity contribution is 0.0951. The zero-order valence-corrected chi connectivity index (χ0v) is 17.1. The molecule has 0 saturated carbocycles. The molecule has 1 aromatic heterocycles. The van der Waals surface area contributed by atoms with Crippen LogP contribution in [0.5, 0.6) is 11.5 Å². The molecule has 29 heavy (non-hydrogen) atoms. The Morgan fingerprint density at radius 2 is 1.90 bits per heavy atom. The van der Waals surface area contributed by atoms with Gasteiger partial charge in [-0.15, -0.1) is 0 Å². The summed E-state index contributed by atoms with van der Waals surface area (Å²) in [4.78, 5) is 13.0. The summed E-state index contributed by atoms with van der Waals surface area (Å²) in [6.07, 6.45) is 1.74. The van der Waals surface area contributed by atoms with Crippen molar-refractivity contribution in [3.8, 4) is 28.4 Å². The molecular weight excluding hydrogens is 368 g/mol. The fourth-order valence-corrected chi connectivity index (χ4v) is 2.89. The van der Waals surface area contributed by atoms with Crippen LogP contribution in [-0.2, 0) is 0 Å². The third-order valence-electron chi connectivity index (χ3n) is 4.70. The number of carbonyl (C=O) groups excluding carboxylic acids is 1. The summed E-state index contributed by atoms with van der Waals surface area (Å²) in [5.74, 6) is 1.07. The highest BCUT2D eigenvalue weighted by atomic mass is 16.5. The van der Waals surface area contributed by atoms with Crippen LogP contribution in [0.4, 0.5) is 0 Å². The SMILES string of the molecule is CNC(C)CNC(=O)c1cn(-c2ccccc2)nc1-c1cc(OC)ccc1OC. The number of ether oxygens (including phenoxy) is 2. The van der Waals surface area contributed by atoms with E-state index in [0.29, 0.717) is 34.9 Å². The topological polar surface area (TPSA) is 77.4 Å². The molecule has 7 heteroatoms. The third kappa shape index (κ3) is 4.57. The Morgan fingerprint density at radius 1 is 1.14 bits per heavy atom. The molecule has 3 aromatic rings. The monoisotopic (exact) mass is 394 g/mol. The molecule has 1 amide bonds. The van der Waals surface area contributed by atoms with Gasteiger partial charge in [-0.1, -0.05) is 18.2 Å². The summed E-state index contributed by atoms with van der Waals surface area (Å²) in [7, 11) is 5.05. The minimum Gasteiger partial charge on any atom is -0.497 e. The van der Waals surface area contributed by atoms with Crippen molar-refractivity contribution in [2.24, 2.45) is 0 Å². The smallest absolute Gasteiger partial charge is 0.255 e. The van der Waals surface area contributed by atoms with Gasteiger partial charge in [0.1, 0.15) is 17.2 Å². The maximum absolute atomic E-state index is 13.0. The molecular formula is C22H26N4O3. The maximum atomic E-state index is 13.0. The van der Waals surface area contributed by atoms with Gasteiger partial charge in [0.25, 0.3) is 5.91 Å². The summed E-state index contributed by atoms with van der Waals surface area (Å²) in [6, 6.07) is 15.3. The lowest BCUT2D eigenvalue weighted by Crippen LogP contribution is -2.37. The number of nitrogens with zero attached hydrogens (tertiary/aromatic N) is 2. The number of aromatic nitrogens is 2. The number of nitrogens with one attached hydrogen (secondary N) is 2. The van der Waals surface area contributed by atoms with Crippen LogP contribution in [-0.4, -0.2) is 49.5 Å². The number of para-hydroxylation sites is 1. The van der Waals surface area contributed by atoms with Gasteiger partial charge in [0.15, 0.2) is 0 Å². The third-order valence-corrected chi connectivity index (χ3v) is 4.70. The van der Waals surface area contributed by atoms with E-state index < -0.39 is 0 Å². The van der Waals surface area contributed by atoms with Crippen molar-refractivity contribution in [3.05, 3.63) is 60.3 Å². The van der Waals surface area contributed by atoms with Crippen molar-refractivity contribution in [1.29, 1.82) is 0 Å². The van der Waals surface area contributed by atoms with E-state index in [2.05, 4.69) is 10.6 Å². The van der Waals surface area contributed by atoms with Crippen molar-refractivity contribution in [1.82, 2.24) is 20.4 Å². The first kappa shape index (κ1) is 20.4. The molecule has 7 nitrogen and oxygen atoms in total. The molecule has 0 fully saturated rings. The highest BCUT2D eigenvalue weighted by Crippen LogP contribution is 2.35. The van der Waals surface area contributed by atoms with Gasteiger partial charge < -0.3 is 20.1 Å². The number of amides is 1. The van der Waals surface area contributed by atoms with Gasteiger partial charge in [-0.05, 0) is 44.3 Å². The maximum Gasteiger partial charge on any atom is 0.255 e. The van der Waals surface area contributed by atoms with Crippen LogP contribution in [0.2, 0.25) is 0 Å². The lowest BCUT2D eigenvalue weighted by atomic mass is 10.1. The Morgan fingerprint density at radius 3 is 2.55 bits per heavy atom. The summed E-state index contributed by atoms with van der Waals surface area (Å²) in [5, 5.41) is 10.8. The largest absolute Gasteiger partial charge is 0.497 e. The first-order valence-electron chi connectivity index (χ1n) is 9.40.